The highest BCUT2D eigenvalue weighted by Crippen LogP contribution is 2.22. The van der Waals surface area contributed by atoms with Gasteiger partial charge in [-0.2, -0.15) is 13.2 Å². The number of rotatable bonds is 7. The van der Waals surface area contributed by atoms with Gasteiger partial charge in [-0.3, -0.25) is 4.99 Å². The molecule has 0 radical (unpaired) electrons. The van der Waals surface area contributed by atoms with Gasteiger partial charge in [-0.25, -0.2) is 4.39 Å². The van der Waals surface area contributed by atoms with Crippen molar-refractivity contribution in [3.05, 3.63) is 29.6 Å². The van der Waals surface area contributed by atoms with Gasteiger partial charge in [0.05, 0.1) is 7.11 Å². The van der Waals surface area contributed by atoms with Gasteiger partial charge in [0, 0.05) is 33.6 Å². The summed E-state index contributed by atoms with van der Waals surface area (Å²) in [4.78, 5) is 5.85. The van der Waals surface area contributed by atoms with Crippen molar-refractivity contribution in [2.24, 2.45) is 4.99 Å². The summed E-state index contributed by atoms with van der Waals surface area (Å²) in [5, 5.41) is 3.00. The first-order chi connectivity index (χ1) is 11.3. The topological polar surface area (TPSA) is 36.9 Å². The normalized spacial score (nSPS) is 11.7. The average Bonchev–Trinajstić information content (AvgIpc) is 2.50. The van der Waals surface area contributed by atoms with Gasteiger partial charge in [0.1, 0.15) is 0 Å². The average molecular weight is 477 g/mol. The lowest BCUT2D eigenvalue weighted by Crippen LogP contribution is -2.38. The zero-order valence-electron chi connectivity index (χ0n) is 14.5. The van der Waals surface area contributed by atoms with Crippen molar-refractivity contribution in [3.63, 3.8) is 0 Å². The van der Waals surface area contributed by atoms with E-state index in [9.17, 15) is 17.6 Å². The quantitative estimate of drug-likeness (QED) is 0.211. The molecule has 1 aromatic carbocycles. The Morgan fingerprint density at radius 3 is 2.48 bits per heavy atom. The molecule has 1 N–H and O–H groups in total. The Morgan fingerprint density at radius 1 is 1.28 bits per heavy atom. The molecule has 0 saturated carbocycles. The van der Waals surface area contributed by atoms with E-state index < -0.39 is 18.4 Å². The molecule has 144 valence electrons. The van der Waals surface area contributed by atoms with Gasteiger partial charge in [-0.05, 0) is 30.5 Å². The Balaban J connectivity index is 0.00000576. The second-order valence-electron chi connectivity index (χ2n) is 5.37. The fourth-order valence-electron chi connectivity index (χ4n) is 2.19. The summed E-state index contributed by atoms with van der Waals surface area (Å²) in [6, 6.07) is 4.67. The molecule has 0 heterocycles. The molecule has 0 aliphatic carbocycles. The van der Waals surface area contributed by atoms with Crippen LogP contribution in [-0.4, -0.2) is 44.8 Å². The third-order valence-corrected chi connectivity index (χ3v) is 3.38. The van der Waals surface area contributed by atoms with Gasteiger partial charge in [0.15, 0.2) is 17.5 Å². The summed E-state index contributed by atoms with van der Waals surface area (Å²) >= 11 is 0. The number of hydrogen-bond donors (Lipinski definition) is 1. The number of aliphatic imine (C=N–C) groups is 1. The van der Waals surface area contributed by atoms with Crippen molar-refractivity contribution in [3.8, 4) is 5.75 Å². The van der Waals surface area contributed by atoms with E-state index in [2.05, 4.69) is 10.3 Å². The molecule has 0 spiro atoms. The first-order valence-corrected chi connectivity index (χ1v) is 7.57. The fraction of sp³-hybridized carbons (Fsp3) is 0.562. The molecule has 0 saturated heterocycles. The van der Waals surface area contributed by atoms with E-state index in [1.54, 1.807) is 31.1 Å². The largest absolute Gasteiger partial charge is 0.494 e. The van der Waals surface area contributed by atoms with E-state index >= 15 is 0 Å². The predicted octanol–water partition coefficient (Wildman–Crippen LogP) is 4.19. The maximum atomic E-state index is 13.7. The highest BCUT2D eigenvalue weighted by Gasteiger charge is 2.25. The second kappa shape index (κ2) is 11.4. The van der Waals surface area contributed by atoms with Crippen molar-refractivity contribution in [2.45, 2.75) is 32.0 Å². The molecule has 0 unspecified atom stereocenters. The molecule has 0 aliphatic rings. The van der Waals surface area contributed by atoms with Crippen LogP contribution in [0.25, 0.3) is 0 Å². The Hall–Kier alpha value is -1.26. The Kier molecular flexibility index (Phi) is 10.8. The van der Waals surface area contributed by atoms with E-state index in [4.69, 9.17) is 4.74 Å². The Bertz CT molecular complexity index is 553. The summed E-state index contributed by atoms with van der Waals surface area (Å²) in [5.41, 5.74) is 0.732. The molecule has 4 nitrogen and oxygen atoms in total. The Morgan fingerprint density at radius 2 is 1.96 bits per heavy atom. The van der Waals surface area contributed by atoms with Gasteiger partial charge in [0.2, 0.25) is 0 Å². The van der Waals surface area contributed by atoms with E-state index in [1.165, 1.54) is 13.2 Å². The van der Waals surface area contributed by atoms with Crippen LogP contribution in [0.5, 0.6) is 5.75 Å². The van der Waals surface area contributed by atoms with Gasteiger partial charge in [-0.1, -0.05) is 6.07 Å². The van der Waals surface area contributed by atoms with Crippen LogP contribution in [0.2, 0.25) is 0 Å². The number of alkyl halides is 3. The summed E-state index contributed by atoms with van der Waals surface area (Å²) in [7, 11) is 4.76. The SMILES string of the molecule is CN=C(NCCCCC(F)(F)F)N(C)Cc1ccc(OC)c(F)c1.I. The van der Waals surface area contributed by atoms with Crippen LogP contribution in [0.3, 0.4) is 0 Å². The molecule has 25 heavy (non-hydrogen) atoms. The molecule has 0 aromatic heterocycles. The number of benzene rings is 1. The molecule has 1 aromatic rings. The lowest BCUT2D eigenvalue weighted by molar-refractivity contribution is -0.135. The highest BCUT2D eigenvalue weighted by molar-refractivity contribution is 14.0. The van der Waals surface area contributed by atoms with Crippen LogP contribution >= 0.6 is 24.0 Å². The van der Waals surface area contributed by atoms with Crippen LogP contribution in [0, 0.1) is 5.82 Å². The van der Waals surface area contributed by atoms with Crippen molar-refractivity contribution >= 4 is 29.9 Å². The van der Waals surface area contributed by atoms with Crippen LogP contribution in [0.4, 0.5) is 17.6 Å². The van der Waals surface area contributed by atoms with E-state index in [0.717, 1.165) is 5.56 Å². The molecule has 0 aliphatic heterocycles. The van der Waals surface area contributed by atoms with E-state index in [0.29, 0.717) is 25.5 Å². The maximum absolute atomic E-state index is 13.7. The number of nitrogens with zero attached hydrogens (tertiary/aromatic N) is 2. The highest BCUT2D eigenvalue weighted by atomic mass is 127. The number of hydrogen-bond acceptors (Lipinski definition) is 2. The number of methoxy groups -OCH3 is 1. The number of halogens is 5. The van der Waals surface area contributed by atoms with Crippen molar-refractivity contribution in [1.82, 2.24) is 10.2 Å². The maximum Gasteiger partial charge on any atom is 0.389 e. The summed E-state index contributed by atoms with van der Waals surface area (Å²) in [6.45, 7) is 0.799. The van der Waals surface area contributed by atoms with Crippen LogP contribution in [0.15, 0.2) is 23.2 Å². The number of guanidine groups is 1. The predicted molar refractivity (Wildman–Crippen MR) is 101 cm³/mol. The molecule has 0 fully saturated rings. The van der Waals surface area contributed by atoms with Crippen molar-refractivity contribution < 1.29 is 22.3 Å². The summed E-state index contributed by atoms with van der Waals surface area (Å²) in [5.74, 6) is 0.269. The van der Waals surface area contributed by atoms with Crippen LogP contribution in [-0.2, 0) is 6.54 Å². The molecule has 1 rings (SSSR count). The lowest BCUT2D eigenvalue weighted by atomic mass is 10.2. The fourth-order valence-corrected chi connectivity index (χ4v) is 2.19. The first kappa shape index (κ1) is 23.7. The summed E-state index contributed by atoms with van der Waals surface area (Å²) in [6.07, 6.45) is -4.43. The van der Waals surface area contributed by atoms with Gasteiger partial charge in [0.25, 0.3) is 0 Å². The smallest absolute Gasteiger partial charge is 0.389 e. The van der Waals surface area contributed by atoms with Crippen LogP contribution < -0.4 is 10.1 Å². The van der Waals surface area contributed by atoms with Gasteiger partial charge in [-0.15, -0.1) is 24.0 Å². The number of unbranched alkanes of at least 4 members (excludes halogenated alkanes) is 1. The minimum absolute atomic E-state index is 0. The van der Waals surface area contributed by atoms with Crippen LogP contribution in [0.1, 0.15) is 24.8 Å². The van der Waals surface area contributed by atoms with Gasteiger partial charge >= 0.3 is 6.18 Å². The van der Waals surface area contributed by atoms with Crippen molar-refractivity contribution in [1.29, 1.82) is 0 Å². The minimum atomic E-state index is -4.11. The molecule has 0 atom stereocenters. The Labute approximate surface area is 162 Å². The zero-order chi connectivity index (χ0) is 18.2. The first-order valence-electron chi connectivity index (χ1n) is 7.57. The third kappa shape index (κ3) is 9.13. The molecular weight excluding hydrogens is 453 g/mol. The summed E-state index contributed by atoms with van der Waals surface area (Å²) < 4.78 is 54.8. The number of nitrogens with one attached hydrogen (secondary N) is 1. The van der Waals surface area contributed by atoms with E-state index in [1.807, 2.05) is 0 Å². The standard InChI is InChI=1S/C16H23F4N3O.HI/c1-21-15(22-9-5-4-8-16(18,19)20)23(2)11-12-6-7-14(24-3)13(17)10-12;/h6-7,10H,4-5,8-9,11H2,1-3H3,(H,21,22);1H. The van der Waals surface area contributed by atoms with Crippen molar-refractivity contribution in [2.75, 3.05) is 27.7 Å². The third-order valence-electron chi connectivity index (χ3n) is 3.38. The van der Waals surface area contributed by atoms with E-state index in [-0.39, 0.29) is 36.1 Å². The molecule has 9 heteroatoms. The molecule has 0 bridgehead atoms. The zero-order valence-corrected chi connectivity index (χ0v) is 16.8. The van der Waals surface area contributed by atoms with Gasteiger partial charge < -0.3 is 15.0 Å². The monoisotopic (exact) mass is 477 g/mol. The lowest BCUT2D eigenvalue weighted by Gasteiger charge is -2.22. The number of ether oxygens (including phenoxy) is 1. The molecular formula is C16H24F4IN3O. The minimum Gasteiger partial charge on any atom is -0.494 e. The second-order valence-corrected chi connectivity index (χ2v) is 5.37. The molecule has 0 amide bonds.